The van der Waals surface area contributed by atoms with E-state index >= 15 is 0 Å². The molecule has 0 saturated carbocycles. The van der Waals surface area contributed by atoms with Crippen LogP contribution in [0.5, 0.6) is 0 Å². The molecule has 0 atom stereocenters. The fourth-order valence-electron chi connectivity index (χ4n) is 4.33. The number of hydrogen-bond donors (Lipinski definition) is 1. The van der Waals surface area contributed by atoms with Gasteiger partial charge in [0.05, 0.1) is 29.1 Å². The van der Waals surface area contributed by atoms with Crippen molar-refractivity contribution in [3.8, 4) is 5.95 Å². The number of aryl methyl sites for hydroxylation is 3. The maximum Gasteiger partial charge on any atom is 0.416 e. The zero-order valence-corrected chi connectivity index (χ0v) is 19.6. The van der Waals surface area contributed by atoms with E-state index < -0.39 is 17.6 Å². The van der Waals surface area contributed by atoms with Crippen LogP contribution in [-0.2, 0) is 17.4 Å². The summed E-state index contributed by atoms with van der Waals surface area (Å²) >= 11 is 0. The van der Waals surface area contributed by atoms with Crippen molar-refractivity contribution in [2.24, 2.45) is 0 Å². The van der Waals surface area contributed by atoms with Crippen LogP contribution in [0, 0.1) is 27.7 Å². The van der Waals surface area contributed by atoms with Gasteiger partial charge in [0, 0.05) is 35.7 Å². The Bertz CT molecular complexity index is 1210. The van der Waals surface area contributed by atoms with Crippen LogP contribution in [0.25, 0.3) is 5.95 Å². The van der Waals surface area contributed by atoms with Crippen molar-refractivity contribution in [1.29, 1.82) is 0 Å². The normalized spacial score (nSPS) is 14.0. The molecule has 1 fully saturated rings. The molecule has 0 aliphatic carbocycles. The fraction of sp³-hybridized carbons (Fsp3) is 0.417. The quantitative estimate of drug-likeness (QED) is 0.583. The number of rotatable bonds is 5. The predicted molar refractivity (Wildman–Crippen MR) is 123 cm³/mol. The van der Waals surface area contributed by atoms with Crippen LogP contribution < -0.4 is 10.2 Å². The lowest BCUT2D eigenvalue weighted by Crippen LogP contribution is -2.22. The van der Waals surface area contributed by atoms with Gasteiger partial charge >= 0.3 is 6.18 Å². The van der Waals surface area contributed by atoms with Gasteiger partial charge in [-0.3, -0.25) is 4.79 Å². The van der Waals surface area contributed by atoms with Crippen LogP contribution in [0.1, 0.15) is 46.7 Å². The Hall–Kier alpha value is -3.43. The van der Waals surface area contributed by atoms with Crippen molar-refractivity contribution in [1.82, 2.24) is 19.7 Å². The number of carbonyl (C=O) groups excluding carboxylic acids is 1. The number of benzene rings is 1. The summed E-state index contributed by atoms with van der Waals surface area (Å²) in [6, 6.07) is 5.37. The van der Waals surface area contributed by atoms with Gasteiger partial charge in [0.15, 0.2) is 0 Å². The van der Waals surface area contributed by atoms with Crippen LogP contribution in [0.2, 0.25) is 0 Å². The third-order valence-corrected chi connectivity index (χ3v) is 5.98. The summed E-state index contributed by atoms with van der Waals surface area (Å²) in [5.41, 5.74) is 3.61. The first-order valence-electron chi connectivity index (χ1n) is 11.2. The molecule has 34 heavy (non-hydrogen) atoms. The summed E-state index contributed by atoms with van der Waals surface area (Å²) in [6.45, 7) is 8.83. The highest BCUT2D eigenvalue weighted by molar-refractivity contribution is 5.96. The van der Waals surface area contributed by atoms with Gasteiger partial charge in [-0.05, 0) is 64.8 Å². The summed E-state index contributed by atoms with van der Waals surface area (Å²) in [5, 5.41) is 7.23. The minimum absolute atomic E-state index is 0.0296. The van der Waals surface area contributed by atoms with Crippen LogP contribution in [0.15, 0.2) is 24.3 Å². The second-order valence-corrected chi connectivity index (χ2v) is 8.66. The number of anilines is 2. The first kappa shape index (κ1) is 23.7. The average Bonchev–Trinajstić information content (AvgIpc) is 3.37. The maximum absolute atomic E-state index is 13.3. The van der Waals surface area contributed by atoms with Gasteiger partial charge in [-0.1, -0.05) is 0 Å². The standard InChI is InChI=1S/C24H27F3N6O/c1-14-11-15(2)29-23(28-14)33-17(4)19(16(3)31-33)13-22(34)30-20-12-18(24(25,26)27)7-8-21(20)32-9-5-6-10-32/h7-8,11-12H,5-6,9-10,13H2,1-4H3,(H,30,34). The molecule has 2 aromatic heterocycles. The summed E-state index contributed by atoms with van der Waals surface area (Å²) in [6.07, 6.45) is -2.60. The molecule has 1 aromatic carbocycles. The molecule has 4 rings (SSSR count). The zero-order valence-electron chi connectivity index (χ0n) is 19.6. The molecule has 0 bridgehead atoms. The lowest BCUT2D eigenvalue weighted by molar-refractivity contribution is -0.137. The molecule has 10 heteroatoms. The third kappa shape index (κ3) is 4.90. The lowest BCUT2D eigenvalue weighted by atomic mass is 10.1. The highest BCUT2D eigenvalue weighted by Gasteiger charge is 2.32. The Morgan fingerprint density at radius 1 is 1.03 bits per heavy atom. The predicted octanol–water partition coefficient (Wildman–Crippen LogP) is 4.70. The van der Waals surface area contributed by atoms with E-state index in [0.717, 1.165) is 49.5 Å². The largest absolute Gasteiger partial charge is 0.416 e. The number of nitrogens with one attached hydrogen (secondary N) is 1. The Morgan fingerprint density at radius 3 is 2.29 bits per heavy atom. The summed E-state index contributed by atoms with van der Waals surface area (Å²) in [7, 11) is 0. The first-order chi connectivity index (χ1) is 16.0. The van der Waals surface area contributed by atoms with Gasteiger partial charge in [-0.15, -0.1) is 0 Å². The van der Waals surface area contributed by atoms with Crippen LogP contribution in [-0.4, -0.2) is 38.7 Å². The van der Waals surface area contributed by atoms with Crippen LogP contribution in [0.4, 0.5) is 24.5 Å². The molecule has 7 nitrogen and oxygen atoms in total. The maximum atomic E-state index is 13.3. The van der Waals surface area contributed by atoms with Crippen molar-refractivity contribution < 1.29 is 18.0 Å². The molecule has 3 aromatic rings. The van der Waals surface area contributed by atoms with Gasteiger partial charge < -0.3 is 10.2 Å². The zero-order chi connectivity index (χ0) is 24.6. The molecule has 0 spiro atoms. The van der Waals surface area contributed by atoms with Gasteiger partial charge in [-0.25, -0.2) is 14.6 Å². The molecule has 1 aliphatic heterocycles. The smallest absolute Gasteiger partial charge is 0.370 e. The Morgan fingerprint density at radius 2 is 1.68 bits per heavy atom. The number of nitrogens with zero attached hydrogens (tertiary/aromatic N) is 5. The molecule has 1 saturated heterocycles. The highest BCUT2D eigenvalue weighted by Crippen LogP contribution is 2.36. The molecule has 0 radical (unpaired) electrons. The Kier molecular flexibility index (Phi) is 6.33. The summed E-state index contributed by atoms with van der Waals surface area (Å²) < 4.78 is 41.6. The molecular formula is C24H27F3N6O. The van der Waals surface area contributed by atoms with E-state index in [2.05, 4.69) is 20.4 Å². The number of amides is 1. The Labute approximate surface area is 196 Å². The van der Waals surface area contributed by atoms with Crippen molar-refractivity contribution in [3.63, 3.8) is 0 Å². The molecule has 0 unspecified atom stereocenters. The highest BCUT2D eigenvalue weighted by atomic mass is 19.4. The number of alkyl halides is 3. The second-order valence-electron chi connectivity index (χ2n) is 8.66. The number of carbonyl (C=O) groups is 1. The third-order valence-electron chi connectivity index (χ3n) is 5.98. The molecule has 180 valence electrons. The molecule has 3 heterocycles. The second kappa shape index (κ2) is 9.08. The Balaban J connectivity index is 1.61. The van der Waals surface area contributed by atoms with Crippen molar-refractivity contribution in [3.05, 3.63) is 58.2 Å². The van der Waals surface area contributed by atoms with Gasteiger partial charge in [0.1, 0.15) is 0 Å². The van der Waals surface area contributed by atoms with E-state index in [0.29, 0.717) is 28.6 Å². The molecular weight excluding hydrogens is 445 g/mol. The van der Waals surface area contributed by atoms with Crippen molar-refractivity contribution in [2.75, 3.05) is 23.3 Å². The van der Waals surface area contributed by atoms with E-state index in [1.54, 1.807) is 11.6 Å². The average molecular weight is 473 g/mol. The summed E-state index contributed by atoms with van der Waals surface area (Å²) in [4.78, 5) is 23.9. The van der Waals surface area contributed by atoms with Crippen molar-refractivity contribution >= 4 is 17.3 Å². The lowest BCUT2D eigenvalue weighted by Gasteiger charge is -2.23. The fourth-order valence-corrected chi connectivity index (χ4v) is 4.33. The molecule has 1 N–H and O–H groups in total. The van der Waals surface area contributed by atoms with Crippen LogP contribution >= 0.6 is 0 Å². The van der Waals surface area contributed by atoms with Gasteiger partial charge in [0.25, 0.3) is 5.95 Å². The number of aromatic nitrogens is 4. The van der Waals surface area contributed by atoms with E-state index in [9.17, 15) is 18.0 Å². The monoisotopic (exact) mass is 472 g/mol. The van der Waals surface area contributed by atoms with E-state index in [1.807, 2.05) is 31.7 Å². The number of halogens is 3. The van der Waals surface area contributed by atoms with Gasteiger partial charge in [-0.2, -0.15) is 18.3 Å². The van der Waals surface area contributed by atoms with E-state index in [4.69, 9.17) is 0 Å². The van der Waals surface area contributed by atoms with Gasteiger partial charge in [0.2, 0.25) is 5.91 Å². The van der Waals surface area contributed by atoms with Crippen LogP contribution in [0.3, 0.4) is 0 Å². The molecule has 1 amide bonds. The van der Waals surface area contributed by atoms with E-state index in [1.165, 1.54) is 6.07 Å². The topological polar surface area (TPSA) is 75.9 Å². The van der Waals surface area contributed by atoms with Crippen molar-refractivity contribution in [2.45, 2.75) is 53.1 Å². The van der Waals surface area contributed by atoms with E-state index in [-0.39, 0.29) is 12.1 Å². The SMILES string of the molecule is Cc1cc(C)nc(-n2nc(C)c(CC(=O)Nc3cc(C(F)(F)F)ccc3N3CCCC3)c2C)n1. The summed E-state index contributed by atoms with van der Waals surface area (Å²) in [5.74, 6) is 0.00539. The first-order valence-corrected chi connectivity index (χ1v) is 11.2. The number of hydrogen-bond acceptors (Lipinski definition) is 5. The minimum atomic E-state index is -4.50. The molecule has 1 aliphatic rings. The minimum Gasteiger partial charge on any atom is -0.370 e.